The van der Waals surface area contributed by atoms with Gasteiger partial charge in [0, 0.05) is 24.6 Å². The highest BCUT2D eigenvalue weighted by Gasteiger charge is 2.27. The van der Waals surface area contributed by atoms with Gasteiger partial charge in [-0.1, -0.05) is 6.07 Å². The highest BCUT2D eigenvalue weighted by molar-refractivity contribution is 7.99. The molecule has 0 atom stereocenters. The van der Waals surface area contributed by atoms with Crippen molar-refractivity contribution in [2.24, 2.45) is 4.99 Å². The van der Waals surface area contributed by atoms with Gasteiger partial charge in [-0.25, -0.2) is 9.38 Å². The van der Waals surface area contributed by atoms with Gasteiger partial charge < -0.3 is 9.32 Å². The minimum absolute atomic E-state index is 0.282. The first kappa shape index (κ1) is 18.4. The lowest BCUT2D eigenvalue weighted by Crippen LogP contribution is -2.22. The maximum atomic E-state index is 13.2. The predicted molar refractivity (Wildman–Crippen MR) is 86.6 cm³/mol. The zero-order valence-corrected chi connectivity index (χ0v) is 13.9. The van der Waals surface area contributed by atoms with E-state index in [2.05, 4.69) is 4.99 Å². The van der Waals surface area contributed by atoms with E-state index in [9.17, 15) is 17.6 Å². The van der Waals surface area contributed by atoms with Gasteiger partial charge in [-0.2, -0.15) is 13.2 Å². The number of rotatable bonds is 5. The molecule has 0 N–H and O–H groups in total. The van der Waals surface area contributed by atoms with Crippen LogP contribution >= 0.6 is 11.8 Å². The third kappa shape index (κ3) is 5.02. The number of nitrogens with zero attached hydrogens (tertiary/aromatic N) is 2. The summed E-state index contributed by atoms with van der Waals surface area (Å²) in [5, 5.41) is 0. The number of thioether (sulfide) groups is 1. The van der Waals surface area contributed by atoms with Crippen LogP contribution in [0.3, 0.4) is 0 Å². The van der Waals surface area contributed by atoms with Crippen molar-refractivity contribution in [1.29, 1.82) is 0 Å². The van der Waals surface area contributed by atoms with Crippen molar-refractivity contribution in [3.63, 3.8) is 0 Å². The number of alkyl halides is 4. The summed E-state index contributed by atoms with van der Waals surface area (Å²) < 4.78 is 55.6. The minimum Gasteiger partial charge on any atom is -0.461 e. The highest BCUT2D eigenvalue weighted by atomic mass is 32.2. The normalized spacial score (nSPS) is 12.5. The summed E-state index contributed by atoms with van der Waals surface area (Å²) in [5.41, 5.74) is 0.585. The molecule has 1 aromatic carbocycles. The van der Waals surface area contributed by atoms with Crippen molar-refractivity contribution < 1.29 is 22.0 Å². The molecule has 0 saturated carbocycles. The van der Waals surface area contributed by atoms with E-state index in [0.29, 0.717) is 33.8 Å². The van der Waals surface area contributed by atoms with Crippen LogP contribution in [0.4, 0.5) is 23.2 Å². The fourth-order valence-corrected chi connectivity index (χ4v) is 2.60. The van der Waals surface area contributed by atoms with Crippen LogP contribution in [-0.4, -0.2) is 36.8 Å². The van der Waals surface area contributed by atoms with Gasteiger partial charge in [0.2, 0.25) is 0 Å². The van der Waals surface area contributed by atoms with Crippen LogP contribution in [0.2, 0.25) is 0 Å². The summed E-state index contributed by atoms with van der Waals surface area (Å²) in [4.78, 5) is 6.46. The van der Waals surface area contributed by atoms with Crippen molar-refractivity contribution in [3.8, 4) is 0 Å². The summed E-state index contributed by atoms with van der Waals surface area (Å²) in [6.45, 7) is -0.762. The van der Waals surface area contributed by atoms with Crippen molar-refractivity contribution in [1.82, 2.24) is 4.90 Å². The molecule has 1 heterocycles. The Hall–Kier alpha value is -1.96. The second-order valence-corrected chi connectivity index (χ2v) is 6.18. The molecule has 0 aliphatic carbocycles. The molecule has 1 aromatic heterocycles. The van der Waals surface area contributed by atoms with Crippen molar-refractivity contribution >= 4 is 23.3 Å². The van der Waals surface area contributed by atoms with Gasteiger partial charge in [0.05, 0.1) is 17.7 Å². The zero-order chi connectivity index (χ0) is 17.7. The zero-order valence-electron chi connectivity index (χ0n) is 13.1. The van der Waals surface area contributed by atoms with E-state index in [1.807, 2.05) is 0 Å². The van der Waals surface area contributed by atoms with Crippen LogP contribution in [0, 0.1) is 0 Å². The van der Waals surface area contributed by atoms with Gasteiger partial charge in [-0.05, 0) is 24.3 Å². The number of furan rings is 1. The van der Waals surface area contributed by atoms with Gasteiger partial charge in [0.1, 0.15) is 6.67 Å². The molecule has 0 spiro atoms. The Balaban J connectivity index is 2.37. The minimum atomic E-state index is -4.27. The monoisotopic (exact) mass is 360 g/mol. The Morgan fingerprint density at radius 3 is 2.54 bits per heavy atom. The topological polar surface area (TPSA) is 28.7 Å². The fourth-order valence-electron chi connectivity index (χ4n) is 1.91. The number of aliphatic imine (C=N–C) groups is 1. The number of hydrogen-bond acceptors (Lipinski definition) is 3. The largest absolute Gasteiger partial charge is 0.461 e. The van der Waals surface area contributed by atoms with Crippen LogP contribution in [0.25, 0.3) is 0 Å². The molecule has 2 rings (SSSR count). The Morgan fingerprint density at radius 1 is 1.25 bits per heavy atom. The smallest absolute Gasteiger partial charge is 0.398 e. The molecule has 0 saturated heterocycles. The first-order valence-electron chi connectivity index (χ1n) is 6.98. The van der Waals surface area contributed by atoms with E-state index in [1.54, 1.807) is 31.1 Å². The van der Waals surface area contributed by atoms with E-state index in [-0.39, 0.29) is 5.69 Å². The molecule has 0 bridgehead atoms. The third-order valence-electron chi connectivity index (χ3n) is 2.99. The number of halogens is 4. The second-order valence-electron chi connectivity index (χ2n) is 5.14. The molecular weight excluding hydrogens is 344 g/mol. The first-order valence-corrected chi connectivity index (χ1v) is 7.97. The van der Waals surface area contributed by atoms with Crippen LogP contribution in [-0.2, 0) is 6.67 Å². The SMILES string of the molecule is CN(C)/C(=N\c1cc(SCC(F)(F)F)ccc1CF)c1ccco1. The van der Waals surface area contributed by atoms with Crippen LogP contribution in [0.15, 0.2) is 50.9 Å². The van der Waals surface area contributed by atoms with Crippen LogP contribution in [0.1, 0.15) is 11.3 Å². The Labute approximate surface area is 141 Å². The lowest BCUT2D eigenvalue weighted by Gasteiger charge is -2.15. The van der Waals surface area contributed by atoms with E-state index < -0.39 is 18.6 Å². The molecule has 0 unspecified atom stereocenters. The van der Waals surface area contributed by atoms with E-state index >= 15 is 0 Å². The average molecular weight is 360 g/mol. The average Bonchev–Trinajstić information content (AvgIpc) is 3.03. The maximum absolute atomic E-state index is 13.2. The first-order chi connectivity index (χ1) is 11.3. The molecule has 0 aliphatic heterocycles. The van der Waals surface area contributed by atoms with Gasteiger partial charge in [0.15, 0.2) is 11.6 Å². The molecule has 2 aromatic rings. The Morgan fingerprint density at radius 2 is 2.00 bits per heavy atom. The van der Waals surface area contributed by atoms with Crippen molar-refractivity contribution in [2.45, 2.75) is 17.7 Å². The molecule has 130 valence electrons. The summed E-state index contributed by atoms with van der Waals surface area (Å²) in [6, 6.07) is 7.77. The quantitative estimate of drug-likeness (QED) is 0.324. The Kier molecular flexibility index (Phi) is 5.93. The van der Waals surface area contributed by atoms with Gasteiger partial charge >= 0.3 is 6.18 Å². The van der Waals surface area contributed by atoms with E-state index in [1.165, 1.54) is 24.5 Å². The number of amidine groups is 1. The summed E-state index contributed by atoms with van der Waals surface area (Å²) >= 11 is 0.640. The summed E-state index contributed by atoms with van der Waals surface area (Å²) in [6.07, 6.45) is -2.78. The van der Waals surface area contributed by atoms with E-state index in [0.717, 1.165) is 0 Å². The molecular formula is C16H16F4N2OS. The summed E-state index contributed by atoms with van der Waals surface area (Å²) in [7, 11) is 3.50. The molecule has 0 radical (unpaired) electrons. The van der Waals surface area contributed by atoms with Gasteiger partial charge in [-0.3, -0.25) is 0 Å². The second kappa shape index (κ2) is 7.74. The standard InChI is InChI=1S/C16H16F4N2OS/c1-22(2)15(14-4-3-7-23-14)21-13-8-12(6-5-11(13)9-17)24-10-16(18,19)20/h3-8H,9-10H2,1-2H3/b21-15-. The van der Waals surface area contributed by atoms with Gasteiger partial charge in [0.25, 0.3) is 0 Å². The van der Waals surface area contributed by atoms with Crippen molar-refractivity contribution in [3.05, 3.63) is 47.9 Å². The van der Waals surface area contributed by atoms with Crippen molar-refractivity contribution in [2.75, 3.05) is 19.8 Å². The Bertz CT molecular complexity index is 697. The fraction of sp³-hybridized carbons (Fsp3) is 0.312. The van der Waals surface area contributed by atoms with Gasteiger partial charge in [-0.15, -0.1) is 11.8 Å². The molecule has 0 aliphatic rings. The number of hydrogen-bond donors (Lipinski definition) is 0. The maximum Gasteiger partial charge on any atom is 0.398 e. The lowest BCUT2D eigenvalue weighted by atomic mass is 10.2. The number of benzene rings is 1. The molecule has 3 nitrogen and oxygen atoms in total. The molecule has 0 fully saturated rings. The molecule has 24 heavy (non-hydrogen) atoms. The highest BCUT2D eigenvalue weighted by Crippen LogP contribution is 2.32. The van der Waals surface area contributed by atoms with E-state index in [4.69, 9.17) is 4.42 Å². The lowest BCUT2D eigenvalue weighted by molar-refractivity contribution is -0.105. The molecule has 0 amide bonds. The predicted octanol–water partition coefficient (Wildman–Crippen LogP) is 5.04. The summed E-state index contributed by atoms with van der Waals surface area (Å²) in [5.74, 6) is -0.0741. The van der Waals surface area contributed by atoms with Crippen LogP contribution in [0.5, 0.6) is 0 Å². The van der Waals surface area contributed by atoms with Crippen LogP contribution < -0.4 is 0 Å². The third-order valence-corrected chi connectivity index (χ3v) is 4.05. The molecule has 8 heteroatoms.